The summed E-state index contributed by atoms with van der Waals surface area (Å²) in [5.74, 6) is -0.193. The summed E-state index contributed by atoms with van der Waals surface area (Å²) in [5.41, 5.74) is 4.84. The monoisotopic (exact) mass is 181 g/mol. The molecule has 0 radical (unpaired) electrons. The number of carbonyl (C=O) groups is 1. The van der Waals surface area contributed by atoms with Crippen molar-refractivity contribution in [3.8, 4) is 0 Å². The van der Waals surface area contributed by atoms with Gasteiger partial charge in [-0.05, 0) is 6.42 Å². The van der Waals surface area contributed by atoms with Gasteiger partial charge in [-0.1, -0.05) is 13.3 Å². The summed E-state index contributed by atoms with van der Waals surface area (Å²) in [4.78, 5) is 9.98. The average molecular weight is 182 g/mol. The van der Waals surface area contributed by atoms with Crippen molar-refractivity contribution in [3.05, 3.63) is 0 Å². The number of carbonyl (C=O) groups excluding carboxylic acids is 1. The number of unbranched alkanes of at least 4 members (excludes halogenated alkanes) is 1. The molecule has 0 atom stereocenters. The summed E-state index contributed by atoms with van der Waals surface area (Å²) in [6.45, 7) is 2.03. The van der Waals surface area contributed by atoms with Crippen LogP contribution in [-0.2, 0) is 4.79 Å². The molecule has 0 fully saturated rings. The molecule has 3 heteroatoms. The highest BCUT2D eigenvalue weighted by Crippen LogP contribution is 1.89. The van der Waals surface area contributed by atoms with Gasteiger partial charge in [-0.3, -0.25) is 4.79 Å². The average Bonchev–Trinajstić information content (AvgIpc) is 1.61. The number of hydrogen-bond acceptors (Lipinski definition) is 1. The van der Waals surface area contributed by atoms with Gasteiger partial charge in [0, 0.05) is 6.42 Å². The lowest BCUT2D eigenvalue weighted by Crippen LogP contribution is -2.09. The Kier molecular flexibility index (Phi) is 9.42. The molecule has 1 amide bonds. The molecule has 0 aromatic heterocycles. The Labute approximate surface area is 60.2 Å². The van der Waals surface area contributed by atoms with Crippen LogP contribution < -0.4 is 5.73 Å². The van der Waals surface area contributed by atoms with Gasteiger partial charge in [-0.25, -0.2) is 0 Å². The molecule has 0 unspecified atom stereocenters. The van der Waals surface area contributed by atoms with Crippen LogP contribution in [0.15, 0.2) is 0 Å². The maximum atomic E-state index is 9.98. The zero-order chi connectivity index (χ0) is 5.70. The molecule has 0 aromatic carbocycles. The number of rotatable bonds is 3. The minimum atomic E-state index is -0.193. The molecule has 0 saturated heterocycles. The molecule has 8 heavy (non-hydrogen) atoms. The fraction of sp³-hybridized carbons (Fsp3) is 0.800. The summed E-state index contributed by atoms with van der Waals surface area (Å²) < 4.78 is 0. The first-order valence-electron chi connectivity index (χ1n) is 2.55. The normalized spacial score (nSPS) is 7.62. The van der Waals surface area contributed by atoms with Gasteiger partial charge >= 0.3 is 0 Å². The maximum absolute atomic E-state index is 9.98. The fourth-order valence-electron chi connectivity index (χ4n) is 0.351. The van der Waals surface area contributed by atoms with E-state index in [4.69, 9.17) is 5.73 Å². The molecule has 0 heterocycles. The smallest absolute Gasteiger partial charge is 0.217 e. The van der Waals surface area contributed by atoms with Gasteiger partial charge in [0.25, 0.3) is 0 Å². The van der Waals surface area contributed by atoms with E-state index in [0.29, 0.717) is 6.42 Å². The van der Waals surface area contributed by atoms with Gasteiger partial charge in [0.1, 0.15) is 0 Å². The molecule has 2 nitrogen and oxygen atoms in total. The van der Waals surface area contributed by atoms with Gasteiger partial charge in [0.2, 0.25) is 5.91 Å². The van der Waals surface area contributed by atoms with Crippen molar-refractivity contribution in [2.24, 2.45) is 5.73 Å². The summed E-state index contributed by atoms with van der Waals surface area (Å²) in [6, 6.07) is 0. The molecule has 0 saturated carbocycles. The zero-order valence-electron chi connectivity index (χ0n) is 5.02. The van der Waals surface area contributed by atoms with Crippen molar-refractivity contribution in [3.63, 3.8) is 0 Å². The van der Waals surface area contributed by atoms with E-state index in [1.807, 2.05) is 6.92 Å². The number of hydrogen-bond donors (Lipinski definition) is 1. The van der Waals surface area contributed by atoms with Crippen molar-refractivity contribution in [2.45, 2.75) is 26.2 Å². The first kappa shape index (κ1) is 10.8. The quantitative estimate of drug-likeness (QED) is 0.700. The Balaban J connectivity index is 0. The van der Waals surface area contributed by atoms with Crippen LogP contribution in [0, 0.1) is 0 Å². The molecule has 0 aliphatic rings. The van der Waals surface area contributed by atoms with E-state index in [0.717, 1.165) is 12.8 Å². The standard InChI is InChI=1S/C5H11NO.BrH/c1-2-3-4-5(6)7;/h2-4H2,1H3,(H2,6,7);1H. The Morgan fingerprint density at radius 2 is 2.12 bits per heavy atom. The molecular formula is C5H12BrNO. The number of amides is 1. The van der Waals surface area contributed by atoms with E-state index in [-0.39, 0.29) is 22.9 Å². The predicted octanol–water partition coefficient (Wildman–Crippen LogP) is 1.24. The van der Waals surface area contributed by atoms with Crippen LogP contribution in [0.4, 0.5) is 0 Å². The SMILES string of the molecule is Br.CCCCC(N)=O. The second-order valence-electron chi connectivity index (χ2n) is 1.57. The van der Waals surface area contributed by atoms with Crippen LogP contribution in [0.3, 0.4) is 0 Å². The molecule has 50 valence electrons. The highest BCUT2D eigenvalue weighted by molar-refractivity contribution is 8.93. The molecule has 0 bridgehead atoms. The largest absolute Gasteiger partial charge is 0.370 e. The number of primary amides is 1. The van der Waals surface area contributed by atoms with E-state index in [9.17, 15) is 4.79 Å². The fourth-order valence-corrected chi connectivity index (χ4v) is 0.351. The second-order valence-corrected chi connectivity index (χ2v) is 1.57. The van der Waals surface area contributed by atoms with Gasteiger partial charge < -0.3 is 5.73 Å². The third kappa shape index (κ3) is 9.34. The molecule has 0 aliphatic heterocycles. The minimum Gasteiger partial charge on any atom is -0.370 e. The van der Waals surface area contributed by atoms with E-state index < -0.39 is 0 Å². The van der Waals surface area contributed by atoms with Crippen LogP contribution in [0.2, 0.25) is 0 Å². The minimum absolute atomic E-state index is 0. The Bertz CT molecular complexity index is 65.4. The van der Waals surface area contributed by atoms with E-state index >= 15 is 0 Å². The lowest BCUT2D eigenvalue weighted by molar-refractivity contribution is -0.118. The highest BCUT2D eigenvalue weighted by Gasteiger charge is 1.88. The predicted molar refractivity (Wildman–Crippen MR) is 39.0 cm³/mol. The topological polar surface area (TPSA) is 43.1 Å². The van der Waals surface area contributed by atoms with Gasteiger partial charge in [-0.15, -0.1) is 17.0 Å². The number of nitrogens with two attached hydrogens (primary N) is 1. The second kappa shape index (κ2) is 6.95. The van der Waals surface area contributed by atoms with Gasteiger partial charge in [-0.2, -0.15) is 0 Å². The highest BCUT2D eigenvalue weighted by atomic mass is 79.9. The third-order valence-corrected chi connectivity index (χ3v) is 0.777. The maximum Gasteiger partial charge on any atom is 0.217 e. The molecule has 0 spiro atoms. The van der Waals surface area contributed by atoms with Crippen LogP contribution in [0.1, 0.15) is 26.2 Å². The van der Waals surface area contributed by atoms with Crippen molar-refractivity contribution in [2.75, 3.05) is 0 Å². The lowest BCUT2D eigenvalue weighted by Gasteiger charge is -1.86. The van der Waals surface area contributed by atoms with E-state index in [1.54, 1.807) is 0 Å². The summed E-state index contributed by atoms with van der Waals surface area (Å²) >= 11 is 0. The van der Waals surface area contributed by atoms with Gasteiger partial charge in [0.15, 0.2) is 0 Å². The Morgan fingerprint density at radius 3 is 2.25 bits per heavy atom. The van der Waals surface area contributed by atoms with Crippen LogP contribution in [0.25, 0.3) is 0 Å². The first-order valence-corrected chi connectivity index (χ1v) is 2.55. The van der Waals surface area contributed by atoms with Crippen molar-refractivity contribution in [1.29, 1.82) is 0 Å². The summed E-state index contributed by atoms with van der Waals surface area (Å²) in [6.07, 6.45) is 2.51. The third-order valence-electron chi connectivity index (χ3n) is 0.777. The lowest BCUT2D eigenvalue weighted by atomic mass is 10.2. The van der Waals surface area contributed by atoms with Crippen molar-refractivity contribution < 1.29 is 4.79 Å². The van der Waals surface area contributed by atoms with E-state index in [2.05, 4.69) is 0 Å². The Morgan fingerprint density at radius 1 is 1.62 bits per heavy atom. The van der Waals surface area contributed by atoms with Gasteiger partial charge in [0.05, 0.1) is 0 Å². The van der Waals surface area contributed by atoms with Crippen molar-refractivity contribution in [1.82, 2.24) is 0 Å². The van der Waals surface area contributed by atoms with E-state index in [1.165, 1.54) is 0 Å². The molecule has 0 aromatic rings. The molecule has 0 rings (SSSR count). The van der Waals surface area contributed by atoms with Crippen LogP contribution in [0.5, 0.6) is 0 Å². The molecule has 0 aliphatic carbocycles. The van der Waals surface area contributed by atoms with Crippen LogP contribution in [-0.4, -0.2) is 5.91 Å². The molecule has 2 N–H and O–H groups in total. The number of halogens is 1. The first-order chi connectivity index (χ1) is 3.27. The van der Waals surface area contributed by atoms with Crippen LogP contribution >= 0.6 is 17.0 Å². The zero-order valence-corrected chi connectivity index (χ0v) is 6.73. The molecular weight excluding hydrogens is 170 g/mol. The Hall–Kier alpha value is -0.0500. The van der Waals surface area contributed by atoms with Crippen molar-refractivity contribution >= 4 is 22.9 Å². The summed E-state index contributed by atoms with van der Waals surface area (Å²) in [5, 5.41) is 0. The summed E-state index contributed by atoms with van der Waals surface area (Å²) in [7, 11) is 0.